The first-order valence-electron chi connectivity index (χ1n) is 9.11. The van der Waals surface area contributed by atoms with Crippen LogP contribution in [0.25, 0.3) is 0 Å². The van der Waals surface area contributed by atoms with Gasteiger partial charge in [-0.15, -0.1) is 0 Å². The van der Waals surface area contributed by atoms with E-state index in [-0.39, 0.29) is 18.1 Å². The largest absolute Gasteiger partial charge is 0.508 e. The minimum absolute atomic E-state index is 0.0487. The van der Waals surface area contributed by atoms with Gasteiger partial charge >= 0.3 is 5.97 Å². The summed E-state index contributed by atoms with van der Waals surface area (Å²) < 4.78 is 0. The molecule has 5 unspecified atom stereocenters. The minimum atomic E-state index is -1.24. The number of hydrogen-bond donors (Lipinski definition) is 6. The number of carbonyl (C=O) groups is 3. The third-order valence-electron chi connectivity index (χ3n) is 4.61. The molecule has 0 aliphatic carbocycles. The van der Waals surface area contributed by atoms with Gasteiger partial charge in [0.1, 0.15) is 23.9 Å². The van der Waals surface area contributed by atoms with Crippen LogP contribution in [0, 0.1) is 5.92 Å². The van der Waals surface area contributed by atoms with Crippen LogP contribution in [0.15, 0.2) is 24.3 Å². The Hall–Kier alpha value is -2.65. The standard InChI is InChI=1S/C19H29N3O6/c1-4-10(2)16(19(27)28)22-17(25)14(21-18(26)15(20)11(3)23)9-12-5-7-13(24)8-6-12/h5-8,10-11,14-16,23-24H,4,9,20H2,1-3H3,(H,21,26)(H,22,25)(H,27,28). The first-order chi connectivity index (χ1) is 13.1. The van der Waals surface area contributed by atoms with Gasteiger partial charge in [0.2, 0.25) is 11.8 Å². The zero-order valence-corrected chi connectivity index (χ0v) is 16.3. The van der Waals surface area contributed by atoms with E-state index < -0.39 is 42.0 Å². The summed E-state index contributed by atoms with van der Waals surface area (Å²) in [5, 5.41) is 33.2. The van der Waals surface area contributed by atoms with Gasteiger partial charge in [-0.3, -0.25) is 9.59 Å². The molecule has 0 bridgehead atoms. The molecule has 28 heavy (non-hydrogen) atoms. The molecule has 0 aliphatic heterocycles. The average molecular weight is 395 g/mol. The van der Waals surface area contributed by atoms with Crippen molar-refractivity contribution in [1.82, 2.24) is 10.6 Å². The average Bonchev–Trinajstić information content (AvgIpc) is 2.65. The van der Waals surface area contributed by atoms with E-state index in [2.05, 4.69) is 10.6 Å². The molecule has 0 heterocycles. The lowest BCUT2D eigenvalue weighted by Gasteiger charge is -2.25. The van der Waals surface area contributed by atoms with Gasteiger partial charge in [0.15, 0.2) is 0 Å². The topological polar surface area (TPSA) is 162 Å². The Balaban J connectivity index is 3.03. The van der Waals surface area contributed by atoms with Crippen molar-refractivity contribution in [3.05, 3.63) is 29.8 Å². The van der Waals surface area contributed by atoms with Crippen LogP contribution in [0.5, 0.6) is 5.75 Å². The zero-order chi connectivity index (χ0) is 21.4. The molecule has 0 saturated heterocycles. The van der Waals surface area contributed by atoms with E-state index in [1.54, 1.807) is 19.1 Å². The number of aliphatic carboxylic acids is 1. The van der Waals surface area contributed by atoms with Crippen molar-refractivity contribution in [3.8, 4) is 5.75 Å². The highest BCUT2D eigenvalue weighted by molar-refractivity contribution is 5.92. The molecule has 1 aromatic carbocycles. The molecule has 7 N–H and O–H groups in total. The van der Waals surface area contributed by atoms with E-state index >= 15 is 0 Å². The number of nitrogens with two attached hydrogens (primary N) is 1. The summed E-state index contributed by atoms with van der Waals surface area (Å²) in [5.41, 5.74) is 6.26. The van der Waals surface area contributed by atoms with Crippen molar-refractivity contribution in [2.24, 2.45) is 11.7 Å². The molecule has 1 aromatic rings. The van der Waals surface area contributed by atoms with Gasteiger partial charge in [-0.05, 0) is 30.5 Å². The highest BCUT2D eigenvalue weighted by Crippen LogP contribution is 2.13. The van der Waals surface area contributed by atoms with E-state index in [0.717, 1.165) is 0 Å². The Morgan fingerprint density at radius 3 is 2.11 bits per heavy atom. The number of benzene rings is 1. The molecule has 156 valence electrons. The van der Waals surface area contributed by atoms with Crippen LogP contribution in [-0.2, 0) is 20.8 Å². The van der Waals surface area contributed by atoms with Crippen LogP contribution >= 0.6 is 0 Å². The normalized spacial score (nSPS) is 16.3. The molecule has 0 spiro atoms. The maximum atomic E-state index is 12.7. The number of phenols is 1. The van der Waals surface area contributed by atoms with E-state index in [4.69, 9.17) is 5.73 Å². The summed E-state index contributed by atoms with van der Waals surface area (Å²) in [5.74, 6) is -2.84. The van der Waals surface area contributed by atoms with Gasteiger partial charge < -0.3 is 31.7 Å². The molecule has 0 radical (unpaired) electrons. The molecule has 0 fully saturated rings. The SMILES string of the molecule is CCC(C)C(NC(=O)C(Cc1ccc(O)cc1)NC(=O)C(N)C(C)O)C(=O)O. The van der Waals surface area contributed by atoms with E-state index in [0.29, 0.717) is 12.0 Å². The summed E-state index contributed by atoms with van der Waals surface area (Å²) in [4.78, 5) is 36.4. The van der Waals surface area contributed by atoms with Crippen molar-refractivity contribution in [1.29, 1.82) is 0 Å². The molecule has 0 saturated carbocycles. The van der Waals surface area contributed by atoms with Crippen molar-refractivity contribution in [3.63, 3.8) is 0 Å². The van der Waals surface area contributed by atoms with Gasteiger partial charge in [-0.1, -0.05) is 32.4 Å². The second kappa shape index (κ2) is 10.6. The molecule has 1 rings (SSSR count). The highest BCUT2D eigenvalue weighted by Gasteiger charge is 2.31. The number of rotatable bonds is 10. The van der Waals surface area contributed by atoms with Gasteiger partial charge in [0.25, 0.3) is 0 Å². The molecule has 9 heteroatoms. The number of amides is 2. The fourth-order valence-electron chi connectivity index (χ4n) is 2.50. The number of aromatic hydroxyl groups is 1. The fourth-order valence-corrected chi connectivity index (χ4v) is 2.50. The van der Waals surface area contributed by atoms with E-state index in [1.165, 1.54) is 19.1 Å². The second-order valence-corrected chi connectivity index (χ2v) is 6.91. The molecule has 2 amide bonds. The number of aliphatic hydroxyl groups is 1. The molecular formula is C19H29N3O6. The number of carboxylic acids is 1. The molecular weight excluding hydrogens is 366 g/mol. The van der Waals surface area contributed by atoms with E-state index in [1.807, 2.05) is 6.92 Å². The van der Waals surface area contributed by atoms with Crippen LogP contribution in [-0.4, -0.2) is 57.3 Å². The number of carbonyl (C=O) groups excluding carboxylic acids is 2. The van der Waals surface area contributed by atoms with E-state index in [9.17, 15) is 29.7 Å². The maximum Gasteiger partial charge on any atom is 0.326 e. The monoisotopic (exact) mass is 395 g/mol. The molecule has 0 aliphatic rings. The van der Waals surface area contributed by atoms with Crippen molar-refractivity contribution >= 4 is 17.8 Å². The van der Waals surface area contributed by atoms with Gasteiger partial charge in [0.05, 0.1) is 6.10 Å². The van der Waals surface area contributed by atoms with Crippen LogP contribution in [0.1, 0.15) is 32.8 Å². The smallest absolute Gasteiger partial charge is 0.326 e. The van der Waals surface area contributed by atoms with Crippen LogP contribution in [0.2, 0.25) is 0 Å². The third kappa shape index (κ3) is 6.82. The van der Waals surface area contributed by atoms with Gasteiger partial charge in [-0.2, -0.15) is 0 Å². The molecule has 0 aromatic heterocycles. The second-order valence-electron chi connectivity index (χ2n) is 6.91. The maximum absolute atomic E-state index is 12.7. The quantitative estimate of drug-likeness (QED) is 0.318. The summed E-state index contributed by atoms with van der Waals surface area (Å²) in [7, 11) is 0. The number of phenolic OH excluding ortho intramolecular Hbond substituents is 1. The first kappa shape index (κ1) is 23.4. The Morgan fingerprint density at radius 2 is 1.64 bits per heavy atom. The highest BCUT2D eigenvalue weighted by atomic mass is 16.4. The number of carboxylic acid groups (broad SMARTS) is 1. The summed E-state index contributed by atoms with van der Waals surface area (Å²) in [6.45, 7) is 4.86. The minimum Gasteiger partial charge on any atom is -0.508 e. The van der Waals surface area contributed by atoms with Gasteiger partial charge in [0, 0.05) is 6.42 Å². The van der Waals surface area contributed by atoms with Crippen LogP contribution in [0.3, 0.4) is 0 Å². The Bertz CT molecular complexity index is 677. The van der Waals surface area contributed by atoms with Crippen molar-refractivity contribution < 1.29 is 29.7 Å². The lowest BCUT2D eigenvalue weighted by Crippen LogP contribution is -2.57. The van der Waals surface area contributed by atoms with Gasteiger partial charge in [-0.25, -0.2) is 4.79 Å². The molecule has 5 atom stereocenters. The Morgan fingerprint density at radius 1 is 1.07 bits per heavy atom. The van der Waals surface area contributed by atoms with Crippen molar-refractivity contribution in [2.45, 2.75) is 57.8 Å². The zero-order valence-electron chi connectivity index (χ0n) is 16.3. The Labute approximate surface area is 163 Å². The number of nitrogens with one attached hydrogen (secondary N) is 2. The predicted molar refractivity (Wildman–Crippen MR) is 102 cm³/mol. The Kier molecular flexibility index (Phi) is 8.87. The molecule has 9 nitrogen and oxygen atoms in total. The van der Waals surface area contributed by atoms with Crippen LogP contribution in [0.4, 0.5) is 0 Å². The summed E-state index contributed by atoms with van der Waals surface area (Å²) >= 11 is 0. The van der Waals surface area contributed by atoms with Crippen molar-refractivity contribution in [2.75, 3.05) is 0 Å². The fraction of sp³-hybridized carbons (Fsp3) is 0.526. The summed E-state index contributed by atoms with van der Waals surface area (Å²) in [6, 6.07) is 2.59. The number of aliphatic hydroxyl groups excluding tert-OH is 1. The van der Waals surface area contributed by atoms with Crippen LogP contribution < -0.4 is 16.4 Å². The predicted octanol–water partition coefficient (Wildman–Crippen LogP) is -0.257. The first-order valence-corrected chi connectivity index (χ1v) is 9.11. The summed E-state index contributed by atoms with van der Waals surface area (Å²) in [6.07, 6.45) is -0.527. The number of hydrogen-bond acceptors (Lipinski definition) is 6. The lowest BCUT2D eigenvalue weighted by atomic mass is 9.98. The third-order valence-corrected chi connectivity index (χ3v) is 4.61. The lowest BCUT2D eigenvalue weighted by molar-refractivity contribution is -0.143.